The number of methoxy groups -OCH3 is 1. The summed E-state index contributed by atoms with van der Waals surface area (Å²) < 4.78 is 11.7. The highest BCUT2D eigenvalue weighted by atomic mass is 35.5. The third-order valence-electron chi connectivity index (χ3n) is 8.49. The molecular weight excluding hydrogens is 516 g/mol. The molecule has 0 bridgehead atoms. The van der Waals surface area contributed by atoms with Crippen molar-refractivity contribution in [2.45, 2.75) is 76.0 Å². The average molecular weight is 559 g/mol. The van der Waals surface area contributed by atoms with E-state index < -0.39 is 11.7 Å². The van der Waals surface area contributed by atoms with Crippen LogP contribution in [0, 0.1) is 11.8 Å². The number of hydrogen-bond acceptors (Lipinski definition) is 6. The first-order chi connectivity index (χ1) is 18.8. The van der Waals surface area contributed by atoms with E-state index in [9.17, 15) is 15.0 Å². The van der Waals surface area contributed by atoms with Gasteiger partial charge in [0.05, 0.1) is 16.7 Å². The number of carbonyl (C=O) groups is 1. The number of aliphatic hydroxyl groups excluding tert-OH is 1. The molecule has 2 aromatic carbocycles. The molecule has 39 heavy (non-hydrogen) atoms. The first kappa shape index (κ1) is 29.8. The SMILES string of the molecule is CCc1ccccc1Oc1c(Cl)cccc1[C@](O)(CCCCOC)[C@@H]1CCCN(C(=O)[C@H]2C[C@@H](N)[C@@H](O)C2)C1. The molecule has 2 aromatic rings. The van der Waals surface area contributed by atoms with Crippen molar-refractivity contribution in [1.82, 2.24) is 4.90 Å². The molecule has 0 aromatic heterocycles. The molecule has 7 nitrogen and oxygen atoms in total. The predicted octanol–water partition coefficient (Wildman–Crippen LogP) is 5.04. The summed E-state index contributed by atoms with van der Waals surface area (Å²) in [5.74, 6) is 0.710. The first-order valence-corrected chi connectivity index (χ1v) is 14.6. The van der Waals surface area contributed by atoms with E-state index in [-0.39, 0.29) is 23.8 Å². The Morgan fingerprint density at radius 3 is 2.69 bits per heavy atom. The molecule has 8 heteroatoms. The molecule has 2 aliphatic rings. The Morgan fingerprint density at radius 2 is 1.97 bits per heavy atom. The molecule has 214 valence electrons. The fourth-order valence-corrected chi connectivity index (χ4v) is 6.45. The summed E-state index contributed by atoms with van der Waals surface area (Å²) in [6.07, 6.45) is 4.64. The van der Waals surface area contributed by atoms with Gasteiger partial charge < -0.3 is 30.3 Å². The minimum absolute atomic E-state index is 0.0212. The first-order valence-electron chi connectivity index (χ1n) is 14.3. The van der Waals surface area contributed by atoms with Crippen LogP contribution in [0.2, 0.25) is 5.02 Å². The minimum atomic E-state index is -1.26. The topological polar surface area (TPSA) is 105 Å². The monoisotopic (exact) mass is 558 g/mol. The van der Waals surface area contributed by atoms with Crippen LogP contribution in [-0.4, -0.2) is 60.0 Å². The van der Waals surface area contributed by atoms with Crippen LogP contribution in [0.25, 0.3) is 0 Å². The maximum absolute atomic E-state index is 13.4. The Bertz CT molecular complexity index is 1100. The highest BCUT2D eigenvalue weighted by molar-refractivity contribution is 6.32. The van der Waals surface area contributed by atoms with Crippen LogP contribution in [0.15, 0.2) is 42.5 Å². The molecule has 1 saturated heterocycles. The fourth-order valence-electron chi connectivity index (χ4n) is 6.23. The second-order valence-electron chi connectivity index (χ2n) is 11.1. The number of unbranched alkanes of at least 4 members (excludes halogenated alkanes) is 1. The lowest BCUT2D eigenvalue weighted by molar-refractivity contribution is -0.141. The number of benzene rings is 2. The number of para-hydroxylation sites is 2. The van der Waals surface area contributed by atoms with E-state index in [0.29, 0.717) is 61.0 Å². The van der Waals surface area contributed by atoms with E-state index in [0.717, 1.165) is 37.7 Å². The zero-order chi connectivity index (χ0) is 28.0. The molecule has 0 radical (unpaired) electrons. The second kappa shape index (κ2) is 13.5. The van der Waals surface area contributed by atoms with Crippen LogP contribution >= 0.6 is 11.6 Å². The fraction of sp³-hybridized carbons (Fsp3) is 0.581. The third kappa shape index (κ3) is 6.77. The maximum atomic E-state index is 13.4. The van der Waals surface area contributed by atoms with Gasteiger partial charge in [0.1, 0.15) is 5.75 Å². The quantitative estimate of drug-likeness (QED) is 0.334. The lowest BCUT2D eigenvalue weighted by Crippen LogP contribution is -2.49. The number of aliphatic hydroxyl groups is 2. The van der Waals surface area contributed by atoms with E-state index in [1.54, 1.807) is 13.2 Å². The lowest BCUT2D eigenvalue weighted by Gasteiger charge is -2.44. The number of likely N-dealkylation sites (tertiary alicyclic amines) is 1. The van der Waals surface area contributed by atoms with E-state index in [4.69, 9.17) is 26.8 Å². The van der Waals surface area contributed by atoms with Crippen LogP contribution < -0.4 is 10.5 Å². The van der Waals surface area contributed by atoms with Gasteiger partial charge in [-0.05, 0) is 69.1 Å². The molecular formula is C31H43ClN2O5. The van der Waals surface area contributed by atoms with E-state index in [1.165, 1.54) is 0 Å². The Hall–Kier alpha value is -2.16. The molecule has 0 spiro atoms. The summed E-state index contributed by atoms with van der Waals surface area (Å²) in [7, 11) is 1.68. The Kier molecular flexibility index (Phi) is 10.3. The Labute approximate surface area is 237 Å². The van der Waals surface area contributed by atoms with Crippen LogP contribution in [0.4, 0.5) is 0 Å². The van der Waals surface area contributed by atoms with Gasteiger partial charge >= 0.3 is 0 Å². The number of nitrogens with two attached hydrogens (primary N) is 1. The molecule has 1 aliphatic heterocycles. The number of rotatable bonds is 11. The molecule has 1 amide bonds. The predicted molar refractivity (Wildman–Crippen MR) is 153 cm³/mol. The van der Waals surface area contributed by atoms with Gasteiger partial charge in [0.25, 0.3) is 0 Å². The van der Waals surface area contributed by atoms with Gasteiger partial charge in [-0.15, -0.1) is 0 Å². The Morgan fingerprint density at radius 1 is 1.18 bits per heavy atom. The molecule has 1 saturated carbocycles. The van der Waals surface area contributed by atoms with Crippen molar-refractivity contribution in [3.05, 3.63) is 58.6 Å². The standard InChI is InChI=1S/C31H43ClN2O5/c1-3-21-10-4-5-14-28(21)39-29-24(12-8-13-25(29)32)31(37,15-6-7-17-38-2)23-11-9-16-34(20-23)30(36)22-18-26(33)27(35)19-22/h4-5,8,10,12-14,22-23,26-27,35,37H,3,6-7,9,11,15-20,33H2,1-2H3/t22-,23+,26+,27-,31-/m0/s1. The van der Waals surface area contributed by atoms with Crippen molar-refractivity contribution in [2.75, 3.05) is 26.8 Å². The highest BCUT2D eigenvalue weighted by Crippen LogP contribution is 2.47. The molecule has 4 rings (SSSR count). The van der Waals surface area contributed by atoms with E-state index >= 15 is 0 Å². The van der Waals surface area contributed by atoms with Crippen LogP contribution in [-0.2, 0) is 21.6 Å². The molecule has 0 unspecified atom stereocenters. The number of piperidine rings is 1. The molecule has 1 aliphatic carbocycles. The summed E-state index contributed by atoms with van der Waals surface area (Å²) in [4.78, 5) is 15.3. The van der Waals surface area contributed by atoms with E-state index in [1.807, 2.05) is 41.3 Å². The van der Waals surface area contributed by atoms with Crippen molar-refractivity contribution in [3.63, 3.8) is 0 Å². The third-order valence-corrected chi connectivity index (χ3v) is 8.79. The molecule has 5 atom stereocenters. The van der Waals surface area contributed by atoms with Gasteiger partial charge in [-0.2, -0.15) is 0 Å². The largest absolute Gasteiger partial charge is 0.455 e. The van der Waals surface area contributed by atoms with Crippen molar-refractivity contribution in [1.29, 1.82) is 0 Å². The molecule has 1 heterocycles. The highest BCUT2D eigenvalue weighted by Gasteiger charge is 2.45. The number of nitrogens with zero attached hydrogens (tertiary/aromatic N) is 1. The van der Waals surface area contributed by atoms with Gasteiger partial charge in [-0.1, -0.05) is 48.9 Å². The lowest BCUT2D eigenvalue weighted by atomic mass is 9.73. The summed E-state index contributed by atoms with van der Waals surface area (Å²) in [5, 5.41) is 23.2. The smallest absolute Gasteiger partial charge is 0.225 e. The van der Waals surface area contributed by atoms with Crippen LogP contribution in [0.1, 0.15) is 63.0 Å². The van der Waals surface area contributed by atoms with Gasteiger partial charge in [0, 0.05) is 50.2 Å². The van der Waals surface area contributed by atoms with Gasteiger partial charge in [-0.25, -0.2) is 0 Å². The average Bonchev–Trinajstić information content (AvgIpc) is 3.29. The van der Waals surface area contributed by atoms with Gasteiger partial charge in [0.15, 0.2) is 5.75 Å². The number of amides is 1. The van der Waals surface area contributed by atoms with Crippen molar-refractivity contribution in [2.24, 2.45) is 17.6 Å². The zero-order valence-corrected chi connectivity index (χ0v) is 23.9. The van der Waals surface area contributed by atoms with Crippen molar-refractivity contribution < 1.29 is 24.5 Å². The van der Waals surface area contributed by atoms with Gasteiger partial charge in [-0.3, -0.25) is 4.79 Å². The maximum Gasteiger partial charge on any atom is 0.225 e. The van der Waals surface area contributed by atoms with Crippen molar-refractivity contribution >= 4 is 17.5 Å². The Balaban J connectivity index is 1.66. The summed E-state index contributed by atoms with van der Waals surface area (Å²) in [6.45, 7) is 3.75. The normalized spacial score (nSPS) is 24.9. The van der Waals surface area contributed by atoms with Crippen molar-refractivity contribution in [3.8, 4) is 11.5 Å². The summed E-state index contributed by atoms with van der Waals surface area (Å²) in [6, 6.07) is 13.0. The van der Waals surface area contributed by atoms with Crippen LogP contribution in [0.5, 0.6) is 11.5 Å². The number of ether oxygens (including phenoxy) is 2. The number of carbonyl (C=O) groups excluding carboxylic acids is 1. The van der Waals surface area contributed by atoms with Gasteiger partial charge in [0.2, 0.25) is 5.91 Å². The van der Waals surface area contributed by atoms with E-state index in [2.05, 4.69) is 6.92 Å². The second-order valence-corrected chi connectivity index (χ2v) is 11.5. The zero-order valence-electron chi connectivity index (χ0n) is 23.2. The molecule has 2 fully saturated rings. The summed E-state index contributed by atoms with van der Waals surface area (Å²) >= 11 is 6.74. The number of hydrogen-bond donors (Lipinski definition) is 3. The number of aryl methyl sites for hydroxylation is 1. The summed E-state index contributed by atoms with van der Waals surface area (Å²) in [5.41, 5.74) is 6.44. The number of halogens is 1. The molecule has 4 N–H and O–H groups in total. The minimum Gasteiger partial charge on any atom is -0.455 e. The van der Waals surface area contributed by atoms with Crippen LogP contribution in [0.3, 0.4) is 0 Å².